The van der Waals surface area contributed by atoms with Crippen molar-refractivity contribution < 1.29 is 4.79 Å². The molecule has 0 heterocycles. The van der Waals surface area contributed by atoms with Crippen LogP contribution in [0.1, 0.15) is 46.0 Å². The molecule has 3 nitrogen and oxygen atoms in total. The van der Waals surface area contributed by atoms with Gasteiger partial charge in [-0.2, -0.15) is 0 Å². The summed E-state index contributed by atoms with van der Waals surface area (Å²) in [5.41, 5.74) is 0. The molecular weight excluding hydrogens is 200 g/mol. The van der Waals surface area contributed by atoms with Gasteiger partial charge in [0.05, 0.1) is 0 Å². The Morgan fingerprint density at radius 1 is 1.50 bits per heavy atom. The summed E-state index contributed by atoms with van der Waals surface area (Å²) in [4.78, 5) is 13.7. The van der Waals surface area contributed by atoms with Gasteiger partial charge in [-0.3, -0.25) is 4.79 Å². The third-order valence-electron chi connectivity index (χ3n) is 3.61. The topological polar surface area (TPSA) is 32.3 Å². The first-order valence-corrected chi connectivity index (χ1v) is 6.63. The second-order valence-electron chi connectivity index (χ2n) is 5.00. The molecule has 0 aromatic rings. The lowest BCUT2D eigenvalue weighted by Crippen LogP contribution is -2.38. The zero-order valence-electron chi connectivity index (χ0n) is 11.0. The van der Waals surface area contributed by atoms with E-state index in [1.165, 1.54) is 6.42 Å². The average molecular weight is 226 g/mol. The van der Waals surface area contributed by atoms with Crippen LogP contribution in [0.4, 0.5) is 0 Å². The van der Waals surface area contributed by atoms with Crippen LogP contribution in [0, 0.1) is 5.92 Å². The van der Waals surface area contributed by atoms with Gasteiger partial charge in [0, 0.05) is 25.6 Å². The summed E-state index contributed by atoms with van der Waals surface area (Å²) in [6.07, 6.45) is 5.67. The minimum Gasteiger partial charge on any atom is -0.345 e. The Kier molecular flexibility index (Phi) is 5.81. The fourth-order valence-electron chi connectivity index (χ4n) is 1.89. The van der Waals surface area contributed by atoms with Crippen LogP contribution in [0.5, 0.6) is 0 Å². The first kappa shape index (κ1) is 13.5. The highest BCUT2D eigenvalue weighted by Crippen LogP contribution is 2.27. The number of nitrogens with one attached hydrogen (secondary N) is 1. The monoisotopic (exact) mass is 226 g/mol. The number of carbonyl (C=O) groups is 1. The third kappa shape index (κ3) is 4.12. The van der Waals surface area contributed by atoms with E-state index in [9.17, 15) is 4.79 Å². The number of hydrogen-bond donors (Lipinski definition) is 1. The zero-order valence-corrected chi connectivity index (χ0v) is 11.0. The van der Waals surface area contributed by atoms with Gasteiger partial charge in [-0.25, -0.2) is 0 Å². The molecule has 16 heavy (non-hydrogen) atoms. The van der Waals surface area contributed by atoms with Crippen LogP contribution >= 0.6 is 0 Å². The molecular formula is C13H26N2O. The molecule has 0 aromatic carbocycles. The molecule has 0 aromatic heterocycles. The SMILES string of the molecule is CCC(C)NCCCN(C)C(=O)C1CCC1. The van der Waals surface area contributed by atoms with E-state index < -0.39 is 0 Å². The number of amides is 1. The van der Waals surface area contributed by atoms with E-state index in [4.69, 9.17) is 0 Å². The fraction of sp³-hybridized carbons (Fsp3) is 0.923. The van der Waals surface area contributed by atoms with Crippen molar-refractivity contribution in [3.05, 3.63) is 0 Å². The molecule has 1 amide bonds. The Bertz CT molecular complexity index is 214. The molecule has 0 bridgehead atoms. The average Bonchev–Trinajstić information content (AvgIpc) is 2.21. The summed E-state index contributed by atoms with van der Waals surface area (Å²) < 4.78 is 0. The minimum absolute atomic E-state index is 0.340. The summed E-state index contributed by atoms with van der Waals surface area (Å²) in [5.74, 6) is 0.697. The van der Waals surface area contributed by atoms with Gasteiger partial charge >= 0.3 is 0 Å². The fourth-order valence-corrected chi connectivity index (χ4v) is 1.89. The predicted octanol–water partition coefficient (Wildman–Crippen LogP) is 2.02. The highest BCUT2D eigenvalue weighted by Gasteiger charge is 2.27. The normalized spacial score (nSPS) is 17.9. The van der Waals surface area contributed by atoms with Crippen LogP contribution in [0.25, 0.3) is 0 Å². The maximum absolute atomic E-state index is 11.8. The Morgan fingerprint density at radius 3 is 2.69 bits per heavy atom. The minimum atomic E-state index is 0.340. The molecule has 1 aliphatic rings. The van der Waals surface area contributed by atoms with Crippen LogP contribution in [-0.4, -0.2) is 37.0 Å². The molecule has 0 radical (unpaired) electrons. The van der Waals surface area contributed by atoms with Crippen molar-refractivity contribution in [2.24, 2.45) is 5.92 Å². The largest absolute Gasteiger partial charge is 0.345 e. The maximum Gasteiger partial charge on any atom is 0.225 e. The van der Waals surface area contributed by atoms with Crippen molar-refractivity contribution in [1.29, 1.82) is 0 Å². The molecule has 0 saturated heterocycles. The van der Waals surface area contributed by atoms with E-state index in [0.29, 0.717) is 17.9 Å². The van der Waals surface area contributed by atoms with Gasteiger partial charge in [0.2, 0.25) is 5.91 Å². The molecule has 1 rings (SSSR count). The standard InChI is InChI=1S/C13H26N2O/c1-4-11(2)14-9-6-10-15(3)13(16)12-7-5-8-12/h11-12,14H,4-10H2,1-3H3. The molecule has 1 saturated carbocycles. The summed E-state index contributed by atoms with van der Waals surface area (Å²) in [6.45, 7) is 6.28. The van der Waals surface area contributed by atoms with Crippen LogP contribution in [-0.2, 0) is 4.79 Å². The highest BCUT2D eigenvalue weighted by atomic mass is 16.2. The Hall–Kier alpha value is -0.570. The van der Waals surface area contributed by atoms with E-state index in [1.807, 2.05) is 11.9 Å². The van der Waals surface area contributed by atoms with Gasteiger partial charge in [-0.1, -0.05) is 13.3 Å². The van der Waals surface area contributed by atoms with E-state index in [2.05, 4.69) is 19.2 Å². The number of carbonyl (C=O) groups excluding carboxylic acids is 1. The van der Waals surface area contributed by atoms with E-state index in [0.717, 1.165) is 38.8 Å². The first-order valence-electron chi connectivity index (χ1n) is 6.63. The summed E-state index contributed by atoms with van der Waals surface area (Å²) in [5, 5.41) is 3.45. The van der Waals surface area contributed by atoms with Gasteiger partial charge < -0.3 is 10.2 Å². The van der Waals surface area contributed by atoms with Crippen molar-refractivity contribution in [2.45, 2.75) is 52.0 Å². The molecule has 1 fully saturated rings. The molecule has 0 aliphatic heterocycles. The molecule has 1 N–H and O–H groups in total. The van der Waals surface area contributed by atoms with Crippen LogP contribution in [0.15, 0.2) is 0 Å². The molecule has 1 unspecified atom stereocenters. The van der Waals surface area contributed by atoms with Gasteiger partial charge in [-0.05, 0) is 39.2 Å². The Morgan fingerprint density at radius 2 is 2.19 bits per heavy atom. The quantitative estimate of drug-likeness (QED) is 0.674. The first-order chi connectivity index (χ1) is 7.65. The third-order valence-corrected chi connectivity index (χ3v) is 3.61. The van der Waals surface area contributed by atoms with Crippen molar-refractivity contribution in [1.82, 2.24) is 10.2 Å². The lowest BCUT2D eigenvalue weighted by Gasteiger charge is -2.29. The molecule has 94 valence electrons. The molecule has 1 aliphatic carbocycles. The lowest BCUT2D eigenvalue weighted by molar-refractivity contribution is -0.136. The van der Waals surface area contributed by atoms with Gasteiger partial charge in [0.15, 0.2) is 0 Å². The lowest BCUT2D eigenvalue weighted by atomic mass is 9.84. The van der Waals surface area contributed by atoms with Crippen LogP contribution in [0.2, 0.25) is 0 Å². The molecule has 1 atom stereocenters. The van der Waals surface area contributed by atoms with Crippen molar-refractivity contribution >= 4 is 5.91 Å². The second-order valence-corrected chi connectivity index (χ2v) is 5.00. The van der Waals surface area contributed by atoms with Gasteiger partial charge in [-0.15, -0.1) is 0 Å². The summed E-state index contributed by atoms with van der Waals surface area (Å²) in [7, 11) is 1.93. The van der Waals surface area contributed by atoms with Crippen molar-refractivity contribution in [3.63, 3.8) is 0 Å². The van der Waals surface area contributed by atoms with Crippen molar-refractivity contribution in [3.8, 4) is 0 Å². The van der Waals surface area contributed by atoms with Gasteiger partial charge in [0.1, 0.15) is 0 Å². The van der Waals surface area contributed by atoms with Crippen molar-refractivity contribution in [2.75, 3.05) is 20.1 Å². The number of hydrogen-bond acceptors (Lipinski definition) is 2. The number of nitrogens with zero attached hydrogens (tertiary/aromatic N) is 1. The number of rotatable bonds is 7. The van der Waals surface area contributed by atoms with E-state index >= 15 is 0 Å². The molecule has 0 spiro atoms. The summed E-state index contributed by atoms with van der Waals surface area (Å²) >= 11 is 0. The maximum atomic E-state index is 11.8. The second kappa shape index (κ2) is 6.89. The summed E-state index contributed by atoms with van der Waals surface area (Å²) in [6, 6.07) is 0.590. The van der Waals surface area contributed by atoms with E-state index in [1.54, 1.807) is 0 Å². The smallest absolute Gasteiger partial charge is 0.225 e. The van der Waals surface area contributed by atoms with E-state index in [-0.39, 0.29) is 0 Å². The van der Waals surface area contributed by atoms with Crippen LogP contribution < -0.4 is 5.32 Å². The predicted molar refractivity (Wildman–Crippen MR) is 67.4 cm³/mol. The zero-order chi connectivity index (χ0) is 12.0. The Labute approximate surface area is 99.6 Å². The molecule has 3 heteroatoms. The Balaban J connectivity index is 2.05. The van der Waals surface area contributed by atoms with Crippen LogP contribution in [0.3, 0.4) is 0 Å². The highest BCUT2D eigenvalue weighted by molar-refractivity contribution is 5.79. The van der Waals surface area contributed by atoms with Gasteiger partial charge in [0.25, 0.3) is 0 Å².